The number of aromatic carboxylic acids is 1. The molecule has 0 aliphatic heterocycles. The first kappa shape index (κ1) is 20.1. The number of ether oxygens (including phenoxy) is 2. The smallest absolute Gasteiger partial charge is 0.352 e. The third-order valence-electron chi connectivity index (χ3n) is 4.34. The molecule has 2 N–H and O–H groups in total. The summed E-state index contributed by atoms with van der Waals surface area (Å²) in [6, 6.07) is 18.0. The maximum absolute atomic E-state index is 11.4. The molecule has 4 aromatic rings. The highest BCUT2D eigenvalue weighted by Gasteiger charge is 2.14. The Morgan fingerprint density at radius 1 is 1.13 bits per heavy atom. The van der Waals surface area contributed by atoms with Crippen molar-refractivity contribution in [2.75, 3.05) is 6.26 Å². The number of aromatic amines is 1. The minimum Gasteiger partial charge on any atom is -0.485 e. The number of carboxylic acid groups (broad SMARTS) is 1. The molecule has 0 aliphatic carbocycles. The van der Waals surface area contributed by atoms with Crippen LogP contribution in [0.4, 0.5) is 0 Å². The van der Waals surface area contributed by atoms with Crippen LogP contribution in [0.3, 0.4) is 0 Å². The van der Waals surface area contributed by atoms with E-state index < -0.39 is 5.97 Å². The van der Waals surface area contributed by atoms with Gasteiger partial charge in [-0.1, -0.05) is 17.7 Å². The Labute approximate surface area is 181 Å². The summed E-state index contributed by atoms with van der Waals surface area (Å²) < 4.78 is 11.9. The summed E-state index contributed by atoms with van der Waals surface area (Å²) >= 11 is 7.59. The first-order valence-electron chi connectivity index (χ1n) is 8.98. The minimum atomic E-state index is -1.05. The Bertz CT molecular complexity index is 1210. The standard InChI is InChI=1S/C22H17ClN2O4S/c1-30-17-7-5-15(6-8-17)29-16-9-13-10-18(22(26)27)25-21(13)19(11-16)28-12-14-3-2-4-20(23)24-14/h2-11,25H,12H2,1H3,(H,26,27). The summed E-state index contributed by atoms with van der Waals surface area (Å²) in [5.41, 5.74) is 1.29. The Balaban J connectivity index is 1.67. The van der Waals surface area contributed by atoms with Gasteiger partial charge in [-0.2, -0.15) is 0 Å². The maximum Gasteiger partial charge on any atom is 0.352 e. The summed E-state index contributed by atoms with van der Waals surface area (Å²) in [6.45, 7) is 0.170. The average Bonchev–Trinajstić information content (AvgIpc) is 3.17. The van der Waals surface area contributed by atoms with Crippen LogP contribution < -0.4 is 9.47 Å². The van der Waals surface area contributed by atoms with E-state index in [1.54, 1.807) is 48.2 Å². The van der Waals surface area contributed by atoms with E-state index in [1.807, 2.05) is 30.5 Å². The lowest BCUT2D eigenvalue weighted by molar-refractivity contribution is 0.0691. The van der Waals surface area contributed by atoms with Crippen molar-refractivity contribution >= 4 is 40.2 Å². The second kappa shape index (κ2) is 8.69. The number of nitrogens with zero attached hydrogens (tertiary/aromatic N) is 1. The minimum absolute atomic E-state index is 0.0669. The first-order chi connectivity index (χ1) is 14.5. The Kier molecular flexibility index (Phi) is 5.83. The number of aromatic nitrogens is 2. The molecule has 0 unspecified atom stereocenters. The van der Waals surface area contributed by atoms with Crippen LogP contribution in [0.15, 0.2) is 65.6 Å². The van der Waals surface area contributed by atoms with E-state index in [0.29, 0.717) is 39.0 Å². The second-order valence-electron chi connectivity index (χ2n) is 6.39. The van der Waals surface area contributed by atoms with Gasteiger partial charge < -0.3 is 19.6 Å². The number of hydrogen-bond acceptors (Lipinski definition) is 5. The molecule has 6 nitrogen and oxygen atoms in total. The summed E-state index contributed by atoms with van der Waals surface area (Å²) in [5, 5.41) is 10.4. The van der Waals surface area contributed by atoms with Crippen molar-refractivity contribution in [1.29, 1.82) is 0 Å². The third-order valence-corrected chi connectivity index (χ3v) is 5.29. The van der Waals surface area contributed by atoms with Crippen LogP contribution in [0.5, 0.6) is 17.2 Å². The van der Waals surface area contributed by atoms with Crippen LogP contribution >= 0.6 is 23.4 Å². The van der Waals surface area contributed by atoms with E-state index in [1.165, 1.54) is 0 Å². The number of nitrogens with one attached hydrogen (secondary N) is 1. The number of fused-ring (bicyclic) bond motifs is 1. The summed E-state index contributed by atoms with van der Waals surface area (Å²) in [4.78, 5) is 19.6. The van der Waals surface area contributed by atoms with Crippen LogP contribution in [0.1, 0.15) is 16.2 Å². The van der Waals surface area contributed by atoms with E-state index >= 15 is 0 Å². The number of carbonyl (C=O) groups is 1. The molecule has 0 amide bonds. The molecule has 0 aliphatic rings. The predicted molar refractivity (Wildman–Crippen MR) is 117 cm³/mol. The lowest BCUT2D eigenvalue weighted by Crippen LogP contribution is -1.99. The van der Waals surface area contributed by atoms with Crippen LogP contribution in [-0.2, 0) is 6.61 Å². The molecule has 8 heteroatoms. The molecular weight excluding hydrogens is 424 g/mol. The maximum atomic E-state index is 11.4. The van der Waals surface area contributed by atoms with E-state index in [2.05, 4.69) is 9.97 Å². The van der Waals surface area contributed by atoms with Crippen molar-refractivity contribution in [2.24, 2.45) is 0 Å². The normalized spacial score (nSPS) is 10.9. The molecule has 2 aromatic carbocycles. The number of pyridine rings is 1. The molecule has 152 valence electrons. The average molecular weight is 441 g/mol. The molecule has 30 heavy (non-hydrogen) atoms. The zero-order chi connectivity index (χ0) is 21.1. The number of carboxylic acids is 1. The van der Waals surface area contributed by atoms with Crippen molar-refractivity contribution in [3.05, 3.63) is 77.2 Å². The number of H-pyrrole nitrogens is 1. The molecule has 0 bridgehead atoms. The number of halogens is 1. The summed E-state index contributed by atoms with van der Waals surface area (Å²) in [6.07, 6.45) is 2.01. The van der Waals surface area contributed by atoms with Crippen molar-refractivity contribution in [3.8, 4) is 17.2 Å². The lowest BCUT2D eigenvalue weighted by Gasteiger charge is -2.11. The van der Waals surface area contributed by atoms with Gasteiger partial charge in [0.05, 0.1) is 11.2 Å². The van der Waals surface area contributed by atoms with Gasteiger partial charge in [-0.25, -0.2) is 9.78 Å². The fourth-order valence-corrected chi connectivity index (χ4v) is 3.52. The van der Waals surface area contributed by atoms with Gasteiger partial charge in [-0.05, 0) is 54.8 Å². The van der Waals surface area contributed by atoms with Crippen molar-refractivity contribution in [3.63, 3.8) is 0 Å². The van der Waals surface area contributed by atoms with Gasteiger partial charge in [-0.3, -0.25) is 0 Å². The Morgan fingerprint density at radius 2 is 1.93 bits per heavy atom. The van der Waals surface area contributed by atoms with Gasteiger partial charge in [0.15, 0.2) is 0 Å². The predicted octanol–water partition coefficient (Wildman–Crippen LogP) is 6.01. The molecule has 0 spiro atoms. The topological polar surface area (TPSA) is 84.4 Å². The fourth-order valence-electron chi connectivity index (χ4n) is 2.93. The molecule has 4 rings (SSSR count). The van der Waals surface area contributed by atoms with Crippen molar-refractivity contribution < 1.29 is 19.4 Å². The van der Waals surface area contributed by atoms with Gasteiger partial charge >= 0.3 is 5.97 Å². The van der Waals surface area contributed by atoms with Crippen molar-refractivity contribution in [1.82, 2.24) is 9.97 Å². The zero-order valence-electron chi connectivity index (χ0n) is 15.9. The van der Waals surface area contributed by atoms with Gasteiger partial charge in [0.1, 0.15) is 34.7 Å². The number of benzene rings is 2. The number of hydrogen-bond donors (Lipinski definition) is 2. The molecule has 2 aromatic heterocycles. The molecule has 0 atom stereocenters. The number of rotatable bonds is 7. The Morgan fingerprint density at radius 3 is 2.63 bits per heavy atom. The molecule has 0 saturated carbocycles. The highest BCUT2D eigenvalue weighted by molar-refractivity contribution is 7.98. The van der Waals surface area contributed by atoms with Crippen LogP contribution in [-0.4, -0.2) is 27.3 Å². The molecular formula is C22H17ClN2O4S. The first-order valence-corrected chi connectivity index (χ1v) is 10.6. The summed E-state index contributed by atoms with van der Waals surface area (Å²) in [7, 11) is 0. The quantitative estimate of drug-likeness (QED) is 0.270. The van der Waals surface area contributed by atoms with Crippen LogP contribution in [0.25, 0.3) is 10.9 Å². The molecule has 0 saturated heterocycles. The zero-order valence-corrected chi connectivity index (χ0v) is 17.5. The molecule has 0 fully saturated rings. The lowest BCUT2D eigenvalue weighted by atomic mass is 10.2. The molecule has 0 radical (unpaired) electrons. The van der Waals surface area contributed by atoms with Gasteiger partial charge in [0.25, 0.3) is 0 Å². The monoisotopic (exact) mass is 440 g/mol. The van der Waals surface area contributed by atoms with Gasteiger partial charge in [-0.15, -0.1) is 11.8 Å². The summed E-state index contributed by atoms with van der Waals surface area (Å²) in [5.74, 6) is 0.606. The van der Waals surface area contributed by atoms with Crippen LogP contribution in [0.2, 0.25) is 5.15 Å². The van der Waals surface area contributed by atoms with E-state index in [4.69, 9.17) is 21.1 Å². The van der Waals surface area contributed by atoms with E-state index in [0.717, 1.165) is 4.90 Å². The van der Waals surface area contributed by atoms with E-state index in [-0.39, 0.29) is 12.3 Å². The van der Waals surface area contributed by atoms with Gasteiger partial charge in [0, 0.05) is 16.3 Å². The van der Waals surface area contributed by atoms with E-state index in [9.17, 15) is 9.90 Å². The second-order valence-corrected chi connectivity index (χ2v) is 7.66. The SMILES string of the molecule is CSc1ccc(Oc2cc(OCc3cccc(Cl)n3)c3[nH]c(C(=O)O)cc3c2)cc1. The molecule has 2 heterocycles. The highest BCUT2D eigenvalue weighted by Crippen LogP contribution is 2.34. The van der Waals surface area contributed by atoms with Crippen molar-refractivity contribution in [2.45, 2.75) is 11.5 Å². The Hall–Kier alpha value is -3.16. The highest BCUT2D eigenvalue weighted by atomic mass is 35.5. The number of thioether (sulfide) groups is 1. The largest absolute Gasteiger partial charge is 0.485 e. The van der Waals surface area contributed by atoms with Gasteiger partial charge in [0.2, 0.25) is 0 Å². The fraction of sp³-hybridized carbons (Fsp3) is 0.0909. The van der Waals surface area contributed by atoms with Crippen LogP contribution in [0, 0.1) is 0 Å². The third kappa shape index (κ3) is 4.53.